The van der Waals surface area contributed by atoms with E-state index in [-0.39, 0.29) is 12.0 Å². The van der Waals surface area contributed by atoms with Crippen LogP contribution in [0.15, 0.2) is 18.3 Å². The molecule has 0 aliphatic carbocycles. The fraction of sp³-hybridized carbons (Fsp3) is 0.667. The number of aliphatic hydroxyl groups is 1. The Kier molecular flexibility index (Phi) is 4.77. The molecule has 1 aromatic rings. The van der Waals surface area contributed by atoms with E-state index in [2.05, 4.69) is 35.9 Å². The van der Waals surface area contributed by atoms with Crippen LogP contribution in [-0.4, -0.2) is 43.0 Å². The summed E-state index contributed by atoms with van der Waals surface area (Å²) in [4.78, 5) is 6.79. The molecule has 0 aromatic carbocycles. The van der Waals surface area contributed by atoms with Crippen LogP contribution in [0.3, 0.4) is 0 Å². The molecule has 0 radical (unpaired) electrons. The summed E-state index contributed by atoms with van der Waals surface area (Å²) in [6, 6.07) is 4.22. The minimum absolute atomic E-state index is 0.184. The fourth-order valence-corrected chi connectivity index (χ4v) is 2.56. The molecule has 4 nitrogen and oxygen atoms in total. The number of hydrogen-bond acceptors (Lipinski definition) is 4. The highest BCUT2D eigenvalue weighted by Crippen LogP contribution is 2.24. The van der Waals surface area contributed by atoms with Gasteiger partial charge in [0.05, 0.1) is 24.6 Å². The molecule has 106 valence electrons. The summed E-state index contributed by atoms with van der Waals surface area (Å²) in [5.41, 5.74) is 2.26. The number of aliphatic hydroxyl groups excluding tert-OH is 1. The fourth-order valence-electron chi connectivity index (χ4n) is 2.56. The monoisotopic (exact) mass is 264 g/mol. The van der Waals surface area contributed by atoms with Crippen molar-refractivity contribution in [2.24, 2.45) is 5.92 Å². The van der Waals surface area contributed by atoms with Gasteiger partial charge >= 0.3 is 0 Å². The van der Waals surface area contributed by atoms with Crippen LogP contribution in [0.2, 0.25) is 0 Å². The van der Waals surface area contributed by atoms with E-state index in [1.807, 2.05) is 6.20 Å². The first-order valence-electron chi connectivity index (χ1n) is 6.99. The molecule has 1 N–H and O–H groups in total. The molecule has 1 aromatic heterocycles. The number of methoxy groups -OCH3 is 1. The zero-order chi connectivity index (χ0) is 13.8. The molecule has 0 bridgehead atoms. The Bertz CT molecular complexity index is 392. The summed E-state index contributed by atoms with van der Waals surface area (Å²) in [6.07, 6.45) is 2.48. The van der Waals surface area contributed by atoms with E-state index < -0.39 is 0 Å². The minimum Gasteiger partial charge on any atom is -0.393 e. The Morgan fingerprint density at radius 2 is 2.26 bits per heavy atom. The Morgan fingerprint density at radius 1 is 1.47 bits per heavy atom. The molecule has 1 fully saturated rings. The summed E-state index contributed by atoms with van der Waals surface area (Å²) in [6.45, 7) is 6.61. The second-order valence-electron chi connectivity index (χ2n) is 5.61. The zero-order valence-corrected chi connectivity index (χ0v) is 12.0. The van der Waals surface area contributed by atoms with E-state index >= 15 is 0 Å². The van der Waals surface area contributed by atoms with E-state index in [4.69, 9.17) is 4.74 Å². The maximum Gasteiger partial charge on any atom is 0.0624 e. The van der Waals surface area contributed by atoms with Crippen LogP contribution in [0, 0.1) is 5.92 Å². The number of hydrogen-bond donors (Lipinski definition) is 1. The highest BCUT2D eigenvalue weighted by molar-refractivity contribution is 5.45. The van der Waals surface area contributed by atoms with Crippen molar-refractivity contribution in [1.82, 2.24) is 4.98 Å². The molecule has 0 saturated carbocycles. The van der Waals surface area contributed by atoms with Crippen molar-refractivity contribution >= 4 is 5.69 Å². The van der Waals surface area contributed by atoms with Gasteiger partial charge in [-0.3, -0.25) is 4.98 Å². The van der Waals surface area contributed by atoms with Crippen LogP contribution in [0.4, 0.5) is 5.69 Å². The molecule has 1 aliphatic heterocycles. The van der Waals surface area contributed by atoms with Gasteiger partial charge in [0, 0.05) is 31.8 Å². The lowest BCUT2D eigenvalue weighted by atomic mass is 9.95. The first-order chi connectivity index (χ1) is 9.11. The first-order valence-corrected chi connectivity index (χ1v) is 6.99. The Morgan fingerprint density at radius 3 is 2.84 bits per heavy atom. The largest absolute Gasteiger partial charge is 0.393 e. The van der Waals surface area contributed by atoms with Gasteiger partial charge in [-0.1, -0.05) is 13.8 Å². The highest BCUT2D eigenvalue weighted by Gasteiger charge is 2.27. The molecular weight excluding hydrogens is 240 g/mol. The normalized spacial score (nSPS) is 23.9. The third-order valence-electron chi connectivity index (χ3n) is 3.80. The van der Waals surface area contributed by atoms with Gasteiger partial charge in [-0.25, -0.2) is 0 Å². The average molecular weight is 264 g/mol. The van der Waals surface area contributed by atoms with Crippen molar-refractivity contribution in [2.75, 3.05) is 31.7 Å². The Hall–Kier alpha value is -1.13. The summed E-state index contributed by atoms with van der Waals surface area (Å²) in [5, 5.41) is 9.96. The molecule has 1 saturated heterocycles. The van der Waals surface area contributed by atoms with Gasteiger partial charge in [0.25, 0.3) is 0 Å². The highest BCUT2D eigenvalue weighted by atomic mass is 16.5. The zero-order valence-electron chi connectivity index (χ0n) is 12.0. The van der Waals surface area contributed by atoms with Crippen LogP contribution >= 0.6 is 0 Å². The summed E-state index contributed by atoms with van der Waals surface area (Å²) < 4.78 is 5.18. The number of rotatable bonds is 4. The Balaban J connectivity index is 2.05. The van der Waals surface area contributed by atoms with Gasteiger partial charge < -0.3 is 14.7 Å². The Labute approximate surface area is 115 Å². The van der Waals surface area contributed by atoms with E-state index in [1.165, 1.54) is 0 Å². The lowest BCUT2D eigenvalue weighted by Crippen LogP contribution is -2.45. The van der Waals surface area contributed by atoms with Crippen molar-refractivity contribution < 1.29 is 9.84 Å². The van der Waals surface area contributed by atoms with Crippen LogP contribution in [0.1, 0.15) is 31.9 Å². The maximum atomic E-state index is 9.96. The van der Waals surface area contributed by atoms with Crippen molar-refractivity contribution in [3.8, 4) is 0 Å². The number of pyridine rings is 1. The second kappa shape index (κ2) is 6.35. The standard InChI is InChI=1S/C15H24N2O2/c1-11(2)14-5-4-13(8-16-14)17-7-6-15(18)12(9-17)10-19-3/h4-5,8,11-12,15,18H,6-7,9-10H2,1-3H3/t12-,15+/m0/s1. The van der Waals surface area contributed by atoms with Crippen LogP contribution in [0.5, 0.6) is 0 Å². The molecule has 19 heavy (non-hydrogen) atoms. The molecule has 2 rings (SSSR count). The van der Waals surface area contributed by atoms with Gasteiger partial charge in [0.1, 0.15) is 0 Å². The van der Waals surface area contributed by atoms with Crippen molar-refractivity contribution in [3.05, 3.63) is 24.0 Å². The van der Waals surface area contributed by atoms with Gasteiger partial charge in [-0.05, 0) is 24.5 Å². The number of anilines is 1. The third-order valence-corrected chi connectivity index (χ3v) is 3.80. The van der Waals surface area contributed by atoms with Gasteiger partial charge in [-0.2, -0.15) is 0 Å². The third kappa shape index (κ3) is 3.45. The quantitative estimate of drug-likeness (QED) is 0.904. The second-order valence-corrected chi connectivity index (χ2v) is 5.61. The lowest BCUT2D eigenvalue weighted by molar-refractivity contribution is 0.0359. The predicted molar refractivity (Wildman–Crippen MR) is 76.5 cm³/mol. The van der Waals surface area contributed by atoms with Crippen LogP contribution < -0.4 is 4.90 Å². The van der Waals surface area contributed by atoms with E-state index in [0.29, 0.717) is 12.5 Å². The number of nitrogens with zero attached hydrogens (tertiary/aromatic N) is 2. The molecule has 1 aliphatic rings. The van der Waals surface area contributed by atoms with Crippen LogP contribution in [-0.2, 0) is 4.74 Å². The molecule has 2 heterocycles. The summed E-state index contributed by atoms with van der Waals surface area (Å²) in [7, 11) is 1.69. The molecule has 4 heteroatoms. The van der Waals surface area contributed by atoms with Crippen molar-refractivity contribution in [1.29, 1.82) is 0 Å². The summed E-state index contributed by atoms with van der Waals surface area (Å²) in [5.74, 6) is 0.641. The molecule has 0 unspecified atom stereocenters. The average Bonchev–Trinajstić information content (AvgIpc) is 2.41. The summed E-state index contributed by atoms with van der Waals surface area (Å²) >= 11 is 0. The first kappa shape index (κ1) is 14.3. The minimum atomic E-state index is -0.251. The SMILES string of the molecule is COC[C@@H]1CN(c2ccc(C(C)C)nc2)CC[C@H]1O. The number of aromatic nitrogens is 1. The van der Waals surface area contributed by atoms with Gasteiger partial charge in [-0.15, -0.1) is 0 Å². The number of piperidine rings is 1. The maximum absolute atomic E-state index is 9.96. The van der Waals surface area contributed by atoms with E-state index in [1.54, 1.807) is 7.11 Å². The van der Waals surface area contributed by atoms with E-state index in [9.17, 15) is 5.11 Å². The topological polar surface area (TPSA) is 45.6 Å². The number of ether oxygens (including phenoxy) is 1. The van der Waals surface area contributed by atoms with Crippen LogP contribution in [0.25, 0.3) is 0 Å². The van der Waals surface area contributed by atoms with Crippen molar-refractivity contribution in [3.63, 3.8) is 0 Å². The van der Waals surface area contributed by atoms with Gasteiger partial charge in [0.2, 0.25) is 0 Å². The lowest BCUT2D eigenvalue weighted by Gasteiger charge is -2.37. The predicted octanol–water partition coefficient (Wildman–Crippen LogP) is 2.04. The smallest absolute Gasteiger partial charge is 0.0624 e. The van der Waals surface area contributed by atoms with E-state index in [0.717, 1.165) is 30.9 Å². The van der Waals surface area contributed by atoms with Gasteiger partial charge in [0.15, 0.2) is 0 Å². The molecule has 0 amide bonds. The molecular formula is C15H24N2O2. The molecule has 0 spiro atoms. The van der Waals surface area contributed by atoms with Crippen molar-refractivity contribution in [2.45, 2.75) is 32.3 Å². The molecule has 2 atom stereocenters.